The first-order chi connectivity index (χ1) is 9.29. The number of fused-ring (bicyclic) bond motifs is 1. The summed E-state index contributed by atoms with van der Waals surface area (Å²) in [6.07, 6.45) is 5.37. The van der Waals surface area contributed by atoms with Crippen LogP contribution in [-0.2, 0) is 0 Å². The van der Waals surface area contributed by atoms with E-state index in [1.54, 1.807) is 0 Å². The van der Waals surface area contributed by atoms with Crippen molar-refractivity contribution in [3.63, 3.8) is 0 Å². The summed E-state index contributed by atoms with van der Waals surface area (Å²) in [5, 5.41) is 1.23. The predicted octanol–water partition coefficient (Wildman–Crippen LogP) is 5.16. The van der Waals surface area contributed by atoms with Gasteiger partial charge in [-0.1, -0.05) is 37.3 Å². The topological polar surface area (TPSA) is 28.9 Å². The zero-order chi connectivity index (χ0) is 13.2. The molecule has 2 nitrogen and oxygen atoms in total. The van der Waals surface area contributed by atoms with Crippen molar-refractivity contribution in [3.8, 4) is 11.5 Å². The molecule has 19 heavy (non-hydrogen) atoms. The minimum absolute atomic E-state index is 0.893. The molecule has 0 aliphatic rings. The minimum atomic E-state index is 0.893. The fraction of sp³-hybridized carbons (Fsp3) is 0.176. The van der Waals surface area contributed by atoms with E-state index in [2.05, 4.69) is 42.3 Å². The molecule has 0 atom stereocenters. The highest BCUT2D eigenvalue weighted by atomic mass is 16.3. The number of benzene rings is 1. The van der Waals surface area contributed by atoms with Crippen LogP contribution < -0.4 is 0 Å². The van der Waals surface area contributed by atoms with Crippen molar-refractivity contribution in [2.75, 3.05) is 0 Å². The smallest absolute Gasteiger partial charge is 0.151 e. The summed E-state index contributed by atoms with van der Waals surface area (Å²) >= 11 is 0. The van der Waals surface area contributed by atoms with Gasteiger partial charge < -0.3 is 9.40 Å². The van der Waals surface area contributed by atoms with Gasteiger partial charge in [0.1, 0.15) is 5.76 Å². The van der Waals surface area contributed by atoms with Crippen molar-refractivity contribution in [1.82, 2.24) is 4.98 Å². The first kappa shape index (κ1) is 11.8. The van der Waals surface area contributed by atoms with Crippen LogP contribution in [0, 0.1) is 6.92 Å². The van der Waals surface area contributed by atoms with Crippen LogP contribution in [0.15, 0.2) is 46.9 Å². The Labute approximate surface area is 112 Å². The molecular formula is C17H17NO. The monoisotopic (exact) mass is 251 g/mol. The third kappa shape index (κ3) is 2.10. The number of allylic oxidation sites excluding steroid dienone is 1. The second-order valence-corrected chi connectivity index (χ2v) is 4.68. The molecule has 3 rings (SSSR count). The van der Waals surface area contributed by atoms with Gasteiger partial charge in [0.25, 0.3) is 0 Å². The van der Waals surface area contributed by atoms with E-state index < -0.39 is 0 Å². The molecule has 0 saturated carbocycles. The average molecular weight is 251 g/mol. The number of aromatic nitrogens is 1. The third-order valence-corrected chi connectivity index (χ3v) is 3.25. The van der Waals surface area contributed by atoms with Crippen LogP contribution in [0.3, 0.4) is 0 Å². The summed E-state index contributed by atoms with van der Waals surface area (Å²) in [5.74, 6) is 1.82. The van der Waals surface area contributed by atoms with E-state index in [1.165, 1.54) is 10.9 Å². The van der Waals surface area contributed by atoms with Crippen LogP contribution in [-0.4, -0.2) is 4.98 Å². The predicted molar refractivity (Wildman–Crippen MR) is 80.1 cm³/mol. The summed E-state index contributed by atoms with van der Waals surface area (Å²) in [4.78, 5) is 3.46. The van der Waals surface area contributed by atoms with Gasteiger partial charge in [0, 0.05) is 16.5 Å². The molecule has 1 aromatic carbocycles. The highest BCUT2D eigenvalue weighted by Crippen LogP contribution is 2.32. The van der Waals surface area contributed by atoms with Crippen LogP contribution in [0.2, 0.25) is 0 Å². The molecule has 0 unspecified atom stereocenters. The summed E-state index contributed by atoms with van der Waals surface area (Å²) in [6, 6.07) is 12.4. The van der Waals surface area contributed by atoms with Crippen molar-refractivity contribution in [3.05, 3.63) is 53.8 Å². The van der Waals surface area contributed by atoms with Crippen LogP contribution >= 0.6 is 0 Å². The van der Waals surface area contributed by atoms with Crippen molar-refractivity contribution < 1.29 is 4.42 Å². The van der Waals surface area contributed by atoms with Crippen molar-refractivity contribution >= 4 is 17.0 Å². The van der Waals surface area contributed by atoms with Crippen LogP contribution in [0.4, 0.5) is 0 Å². The minimum Gasteiger partial charge on any atom is -0.460 e. The fourth-order valence-electron chi connectivity index (χ4n) is 2.34. The molecule has 0 aliphatic heterocycles. The number of H-pyrrole nitrogens is 1. The first-order valence-electron chi connectivity index (χ1n) is 6.63. The van der Waals surface area contributed by atoms with E-state index in [9.17, 15) is 0 Å². The van der Waals surface area contributed by atoms with Gasteiger partial charge in [0.15, 0.2) is 5.76 Å². The largest absolute Gasteiger partial charge is 0.460 e. The Morgan fingerprint density at radius 3 is 2.74 bits per heavy atom. The zero-order valence-corrected chi connectivity index (χ0v) is 11.2. The second kappa shape index (κ2) is 4.81. The summed E-state index contributed by atoms with van der Waals surface area (Å²) in [5.41, 5.74) is 3.40. The number of rotatable bonds is 3. The lowest BCUT2D eigenvalue weighted by Crippen LogP contribution is -1.77. The maximum absolute atomic E-state index is 5.75. The number of nitrogens with one attached hydrogen (secondary N) is 1. The van der Waals surface area contributed by atoms with Crippen LogP contribution in [0.1, 0.15) is 24.7 Å². The molecule has 0 spiro atoms. The lowest BCUT2D eigenvalue weighted by molar-refractivity contribution is 0.547. The Balaban J connectivity index is 2.25. The van der Waals surface area contributed by atoms with Crippen molar-refractivity contribution in [1.29, 1.82) is 0 Å². The van der Waals surface area contributed by atoms with E-state index in [1.807, 2.05) is 25.1 Å². The molecule has 0 saturated heterocycles. The quantitative estimate of drug-likeness (QED) is 0.684. The normalized spacial score (nSPS) is 11.7. The molecule has 2 aromatic heterocycles. The first-order valence-corrected chi connectivity index (χ1v) is 6.63. The van der Waals surface area contributed by atoms with Gasteiger partial charge in [-0.05, 0) is 31.5 Å². The lowest BCUT2D eigenvalue weighted by Gasteiger charge is -1.96. The molecular weight excluding hydrogens is 234 g/mol. The Kier molecular flexibility index (Phi) is 3.00. The van der Waals surface area contributed by atoms with Gasteiger partial charge in [0.05, 0.1) is 5.69 Å². The van der Waals surface area contributed by atoms with E-state index in [0.717, 1.165) is 29.2 Å². The van der Waals surface area contributed by atoms with Crippen molar-refractivity contribution in [2.45, 2.75) is 20.3 Å². The molecule has 3 aromatic rings. The molecule has 96 valence electrons. The second-order valence-electron chi connectivity index (χ2n) is 4.68. The molecule has 0 amide bonds. The number of furan rings is 1. The summed E-state index contributed by atoms with van der Waals surface area (Å²) < 4.78 is 5.75. The lowest BCUT2D eigenvalue weighted by atomic mass is 10.1. The standard InChI is InChI=1S/C17H17NO/c1-3-4-7-14-13-8-5-6-9-15(13)18-17(14)16-11-10-12(2)19-16/h4-11,18H,3H2,1-2H3/b7-4+. The molecule has 0 aliphatic carbocycles. The van der Waals surface area contributed by atoms with E-state index in [-0.39, 0.29) is 0 Å². The highest BCUT2D eigenvalue weighted by molar-refractivity contribution is 5.95. The van der Waals surface area contributed by atoms with E-state index in [0.29, 0.717) is 0 Å². The molecule has 1 N–H and O–H groups in total. The maximum Gasteiger partial charge on any atom is 0.151 e. The Hall–Kier alpha value is -2.22. The van der Waals surface area contributed by atoms with E-state index in [4.69, 9.17) is 4.42 Å². The Bertz CT molecular complexity index is 731. The SMILES string of the molecule is CC/C=C/c1c(-c2ccc(C)o2)[nH]c2ccccc12. The summed E-state index contributed by atoms with van der Waals surface area (Å²) in [6.45, 7) is 4.11. The molecule has 2 heteroatoms. The molecule has 2 heterocycles. The number of aryl methyl sites for hydroxylation is 1. The van der Waals surface area contributed by atoms with Gasteiger partial charge in [-0.2, -0.15) is 0 Å². The molecule has 0 fully saturated rings. The maximum atomic E-state index is 5.75. The van der Waals surface area contributed by atoms with Gasteiger partial charge in [-0.3, -0.25) is 0 Å². The highest BCUT2D eigenvalue weighted by Gasteiger charge is 2.13. The van der Waals surface area contributed by atoms with E-state index >= 15 is 0 Å². The Morgan fingerprint density at radius 1 is 1.16 bits per heavy atom. The van der Waals surface area contributed by atoms with Gasteiger partial charge in [0.2, 0.25) is 0 Å². The van der Waals surface area contributed by atoms with Gasteiger partial charge in [-0.25, -0.2) is 0 Å². The van der Waals surface area contributed by atoms with Crippen molar-refractivity contribution in [2.24, 2.45) is 0 Å². The van der Waals surface area contributed by atoms with Gasteiger partial charge in [-0.15, -0.1) is 0 Å². The Morgan fingerprint density at radius 2 is 2.00 bits per heavy atom. The fourth-order valence-corrected chi connectivity index (χ4v) is 2.34. The van der Waals surface area contributed by atoms with Crippen LogP contribution in [0.5, 0.6) is 0 Å². The number of hydrogen-bond acceptors (Lipinski definition) is 1. The third-order valence-electron chi connectivity index (χ3n) is 3.25. The van der Waals surface area contributed by atoms with Crippen LogP contribution in [0.25, 0.3) is 28.4 Å². The number of hydrogen-bond donors (Lipinski definition) is 1. The molecule has 0 bridgehead atoms. The molecule has 0 radical (unpaired) electrons. The zero-order valence-electron chi connectivity index (χ0n) is 11.2. The van der Waals surface area contributed by atoms with Gasteiger partial charge >= 0.3 is 0 Å². The summed E-state index contributed by atoms with van der Waals surface area (Å²) in [7, 11) is 0. The number of para-hydroxylation sites is 1. The average Bonchev–Trinajstić information content (AvgIpc) is 3.00. The number of aromatic amines is 1.